The Morgan fingerprint density at radius 1 is 1.38 bits per heavy atom. The largest absolute Gasteiger partial charge is 0.407 e. The van der Waals surface area contributed by atoms with Crippen LogP contribution in [0.3, 0.4) is 0 Å². The fraction of sp³-hybridized carbons (Fsp3) is 0.286. The molecular weight excluding hydrogens is 183 g/mol. The van der Waals surface area contributed by atoms with Gasteiger partial charge < -0.3 is 11.5 Å². The molecule has 0 aromatic carbocycles. The second kappa shape index (κ2) is 3.21. The van der Waals surface area contributed by atoms with Crippen molar-refractivity contribution in [3.8, 4) is 0 Å². The van der Waals surface area contributed by atoms with Crippen LogP contribution in [0.25, 0.3) is 0 Å². The lowest BCUT2D eigenvalue weighted by Gasteiger charge is -2.16. The van der Waals surface area contributed by atoms with E-state index in [1.807, 2.05) is 0 Å². The first-order chi connectivity index (χ1) is 5.93. The third kappa shape index (κ3) is 2.09. The van der Waals surface area contributed by atoms with Crippen molar-refractivity contribution in [2.75, 3.05) is 5.73 Å². The summed E-state index contributed by atoms with van der Waals surface area (Å²) in [6, 6.07) is -0.790. The summed E-state index contributed by atoms with van der Waals surface area (Å²) >= 11 is 0. The lowest BCUT2D eigenvalue weighted by molar-refractivity contribution is -0.149. The molecule has 6 heteroatoms. The molecule has 1 heterocycles. The number of nitrogens with zero attached hydrogens (tertiary/aromatic N) is 1. The highest BCUT2D eigenvalue weighted by molar-refractivity contribution is 5.46. The molecule has 0 amide bonds. The summed E-state index contributed by atoms with van der Waals surface area (Å²) in [7, 11) is 0. The molecule has 1 aromatic heterocycles. The van der Waals surface area contributed by atoms with Gasteiger partial charge in [0, 0.05) is 23.6 Å². The van der Waals surface area contributed by atoms with Crippen LogP contribution in [0.15, 0.2) is 18.5 Å². The Morgan fingerprint density at radius 3 is 2.46 bits per heavy atom. The maximum atomic E-state index is 12.1. The first kappa shape index (κ1) is 9.79. The summed E-state index contributed by atoms with van der Waals surface area (Å²) < 4.78 is 36.3. The summed E-state index contributed by atoms with van der Waals surface area (Å²) in [5.41, 5.74) is 10.0. The number of hydrogen-bond donors (Lipinski definition) is 2. The van der Waals surface area contributed by atoms with E-state index in [2.05, 4.69) is 4.98 Å². The van der Waals surface area contributed by atoms with Crippen molar-refractivity contribution in [3.63, 3.8) is 0 Å². The maximum Gasteiger partial charge on any atom is 0.407 e. The monoisotopic (exact) mass is 191 g/mol. The van der Waals surface area contributed by atoms with Crippen LogP contribution in [0.2, 0.25) is 0 Å². The van der Waals surface area contributed by atoms with E-state index in [0.29, 0.717) is 0 Å². The van der Waals surface area contributed by atoms with Gasteiger partial charge in [-0.3, -0.25) is 4.98 Å². The predicted molar refractivity (Wildman–Crippen MR) is 41.6 cm³/mol. The average molecular weight is 191 g/mol. The summed E-state index contributed by atoms with van der Waals surface area (Å²) in [6.45, 7) is 0. The van der Waals surface area contributed by atoms with Crippen molar-refractivity contribution >= 4 is 5.69 Å². The van der Waals surface area contributed by atoms with Crippen LogP contribution < -0.4 is 11.5 Å². The molecule has 3 nitrogen and oxygen atoms in total. The second-order valence-corrected chi connectivity index (χ2v) is 2.52. The quantitative estimate of drug-likeness (QED) is 0.701. The Bertz CT molecular complexity index is 297. The third-order valence-electron chi connectivity index (χ3n) is 1.57. The molecule has 0 spiro atoms. The maximum absolute atomic E-state index is 12.1. The van der Waals surface area contributed by atoms with Crippen LogP contribution in [0.1, 0.15) is 11.6 Å². The minimum atomic E-state index is -4.49. The van der Waals surface area contributed by atoms with Gasteiger partial charge in [0.25, 0.3) is 0 Å². The third-order valence-corrected chi connectivity index (χ3v) is 1.57. The first-order valence-corrected chi connectivity index (χ1v) is 3.44. The second-order valence-electron chi connectivity index (χ2n) is 2.52. The smallest absolute Gasteiger partial charge is 0.398 e. The molecule has 13 heavy (non-hydrogen) atoms. The molecule has 1 atom stereocenters. The molecule has 4 N–H and O–H groups in total. The van der Waals surface area contributed by atoms with E-state index in [1.54, 1.807) is 0 Å². The van der Waals surface area contributed by atoms with E-state index >= 15 is 0 Å². The first-order valence-electron chi connectivity index (χ1n) is 3.44. The molecule has 0 aliphatic rings. The number of hydrogen-bond acceptors (Lipinski definition) is 3. The summed E-state index contributed by atoms with van der Waals surface area (Å²) in [5, 5.41) is 0. The van der Waals surface area contributed by atoms with Crippen LogP contribution in [-0.2, 0) is 0 Å². The number of rotatable bonds is 1. The zero-order valence-electron chi connectivity index (χ0n) is 6.55. The fourth-order valence-corrected chi connectivity index (χ4v) is 0.854. The predicted octanol–water partition coefficient (Wildman–Crippen LogP) is 1.23. The number of aromatic nitrogens is 1. The van der Waals surface area contributed by atoms with Gasteiger partial charge in [0.1, 0.15) is 6.04 Å². The lowest BCUT2D eigenvalue weighted by Crippen LogP contribution is -2.29. The Balaban J connectivity index is 3.02. The van der Waals surface area contributed by atoms with Gasteiger partial charge in [-0.1, -0.05) is 0 Å². The Kier molecular flexibility index (Phi) is 2.42. The van der Waals surface area contributed by atoms with Gasteiger partial charge in [-0.2, -0.15) is 13.2 Å². The van der Waals surface area contributed by atoms with E-state index in [4.69, 9.17) is 11.5 Å². The number of pyridine rings is 1. The van der Waals surface area contributed by atoms with E-state index in [0.717, 1.165) is 6.20 Å². The molecular formula is C7H8F3N3. The van der Waals surface area contributed by atoms with Crippen LogP contribution in [0, 0.1) is 0 Å². The molecule has 0 fully saturated rings. The highest BCUT2D eigenvalue weighted by Gasteiger charge is 2.38. The zero-order chi connectivity index (χ0) is 10.1. The molecule has 72 valence electrons. The molecule has 0 aliphatic heterocycles. The molecule has 0 radical (unpaired) electrons. The molecule has 0 bridgehead atoms. The molecule has 0 saturated carbocycles. The van der Waals surface area contributed by atoms with E-state index < -0.39 is 12.2 Å². The van der Waals surface area contributed by atoms with Crippen molar-refractivity contribution in [1.29, 1.82) is 0 Å². The van der Waals surface area contributed by atoms with Crippen LogP contribution >= 0.6 is 0 Å². The zero-order valence-corrected chi connectivity index (χ0v) is 6.55. The summed E-state index contributed by atoms with van der Waals surface area (Å²) in [5.74, 6) is 0. The standard InChI is InChI=1S/C7H8F3N3/c8-7(9,10)6(12)4-3-13-2-1-5(4)11/h1-3,6H,12H2,(H2,11,13). The van der Waals surface area contributed by atoms with Gasteiger partial charge in [0.05, 0.1) is 0 Å². The van der Waals surface area contributed by atoms with Gasteiger partial charge >= 0.3 is 6.18 Å². The van der Waals surface area contributed by atoms with Gasteiger partial charge in [-0.25, -0.2) is 0 Å². The molecule has 1 unspecified atom stereocenters. The Morgan fingerprint density at radius 2 is 2.00 bits per heavy atom. The number of anilines is 1. The lowest BCUT2D eigenvalue weighted by atomic mass is 10.1. The molecule has 0 saturated heterocycles. The van der Waals surface area contributed by atoms with Crippen molar-refractivity contribution in [1.82, 2.24) is 4.98 Å². The van der Waals surface area contributed by atoms with Crippen molar-refractivity contribution < 1.29 is 13.2 Å². The van der Waals surface area contributed by atoms with Crippen molar-refractivity contribution in [2.45, 2.75) is 12.2 Å². The van der Waals surface area contributed by atoms with Crippen molar-refractivity contribution in [2.24, 2.45) is 5.73 Å². The van der Waals surface area contributed by atoms with Gasteiger partial charge in [0.2, 0.25) is 0 Å². The average Bonchev–Trinajstić information content (AvgIpc) is 2.02. The highest BCUT2D eigenvalue weighted by atomic mass is 19.4. The topological polar surface area (TPSA) is 64.9 Å². The minimum Gasteiger partial charge on any atom is -0.398 e. The summed E-state index contributed by atoms with van der Waals surface area (Å²) in [6.07, 6.45) is -2.16. The summed E-state index contributed by atoms with van der Waals surface area (Å²) in [4.78, 5) is 3.52. The number of nitrogen functional groups attached to an aromatic ring is 1. The van der Waals surface area contributed by atoms with Crippen LogP contribution in [0.4, 0.5) is 18.9 Å². The number of halogens is 3. The normalized spacial score (nSPS) is 14.2. The number of nitrogens with two attached hydrogens (primary N) is 2. The van der Waals surface area contributed by atoms with Crippen LogP contribution in [0.5, 0.6) is 0 Å². The van der Waals surface area contributed by atoms with Crippen molar-refractivity contribution in [3.05, 3.63) is 24.0 Å². The molecule has 1 rings (SSSR count). The fourth-order valence-electron chi connectivity index (χ4n) is 0.854. The highest BCUT2D eigenvalue weighted by Crippen LogP contribution is 2.32. The Labute approximate surface area is 72.6 Å². The van der Waals surface area contributed by atoms with E-state index in [1.165, 1.54) is 12.3 Å². The van der Waals surface area contributed by atoms with Gasteiger partial charge in [-0.05, 0) is 6.07 Å². The molecule has 1 aromatic rings. The van der Waals surface area contributed by atoms with Gasteiger partial charge in [-0.15, -0.1) is 0 Å². The number of alkyl halides is 3. The SMILES string of the molecule is Nc1ccncc1C(N)C(F)(F)F. The minimum absolute atomic E-state index is 0.000162. The van der Waals surface area contributed by atoms with Crippen LogP contribution in [-0.4, -0.2) is 11.2 Å². The van der Waals surface area contributed by atoms with E-state index in [9.17, 15) is 13.2 Å². The van der Waals surface area contributed by atoms with E-state index in [-0.39, 0.29) is 11.3 Å². The Hall–Kier alpha value is -1.30. The molecule has 0 aliphatic carbocycles. The van der Waals surface area contributed by atoms with Gasteiger partial charge in [0.15, 0.2) is 0 Å².